The van der Waals surface area contributed by atoms with Gasteiger partial charge in [-0.3, -0.25) is 4.99 Å². The van der Waals surface area contributed by atoms with Gasteiger partial charge in [0.05, 0.1) is 10.9 Å². The van der Waals surface area contributed by atoms with Crippen molar-refractivity contribution in [3.8, 4) is 5.75 Å². The number of rotatable bonds is 6. The van der Waals surface area contributed by atoms with E-state index >= 15 is 0 Å². The topological polar surface area (TPSA) is 79.8 Å². The fourth-order valence-electron chi connectivity index (χ4n) is 3.62. The van der Waals surface area contributed by atoms with Crippen LogP contribution in [0.2, 0.25) is 0 Å². The van der Waals surface area contributed by atoms with Crippen molar-refractivity contribution in [2.75, 3.05) is 19.3 Å². The van der Waals surface area contributed by atoms with E-state index in [0.29, 0.717) is 11.4 Å². The van der Waals surface area contributed by atoms with Crippen LogP contribution in [0, 0.1) is 0 Å². The maximum atomic E-state index is 11.6. The molecule has 0 spiro atoms. The standard InChI is InChI=1S/C23H31N3O3S.HI/c1-5-24-22(25-15-14-17-10-12-18(13-11-17)30(4,27)28)26-20-16-23(2,3)29-21-9-7-6-8-19(20)21;/h6-13,20H,5,14-16H2,1-4H3,(H2,24,25,26);1H. The molecule has 3 rings (SSSR count). The molecule has 0 aromatic heterocycles. The molecule has 0 amide bonds. The van der Waals surface area contributed by atoms with Gasteiger partial charge in [0.15, 0.2) is 15.8 Å². The molecular weight excluding hydrogens is 525 g/mol. The fourth-order valence-corrected chi connectivity index (χ4v) is 4.25. The average molecular weight is 557 g/mol. The number of sulfone groups is 1. The van der Waals surface area contributed by atoms with Gasteiger partial charge in [0.25, 0.3) is 0 Å². The Kier molecular flexibility index (Phi) is 8.76. The van der Waals surface area contributed by atoms with E-state index in [0.717, 1.165) is 42.2 Å². The van der Waals surface area contributed by atoms with Crippen LogP contribution >= 0.6 is 24.0 Å². The normalized spacial score (nSPS) is 17.7. The molecule has 1 atom stereocenters. The number of nitrogens with one attached hydrogen (secondary N) is 2. The van der Waals surface area contributed by atoms with Crippen LogP contribution in [-0.2, 0) is 16.3 Å². The summed E-state index contributed by atoms with van der Waals surface area (Å²) in [4.78, 5) is 5.07. The minimum atomic E-state index is -3.17. The molecule has 1 heterocycles. The molecule has 0 saturated heterocycles. The van der Waals surface area contributed by atoms with E-state index < -0.39 is 9.84 Å². The van der Waals surface area contributed by atoms with Gasteiger partial charge in [-0.1, -0.05) is 30.3 Å². The molecular formula is C23H32IN3O3S. The summed E-state index contributed by atoms with van der Waals surface area (Å²) < 4.78 is 29.3. The SMILES string of the molecule is CCNC(=NCCc1ccc(S(C)(=O)=O)cc1)NC1CC(C)(C)Oc2ccccc21.I. The van der Waals surface area contributed by atoms with Crippen LogP contribution in [0.4, 0.5) is 0 Å². The van der Waals surface area contributed by atoms with Gasteiger partial charge in [-0.05, 0) is 51.0 Å². The summed E-state index contributed by atoms with van der Waals surface area (Å²) >= 11 is 0. The van der Waals surface area contributed by atoms with Crippen LogP contribution in [-0.4, -0.2) is 39.3 Å². The lowest BCUT2D eigenvalue weighted by Crippen LogP contribution is -2.45. The summed E-state index contributed by atoms with van der Waals surface area (Å²) in [5, 5.41) is 6.89. The lowest BCUT2D eigenvalue weighted by atomic mass is 9.90. The van der Waals surface area contributed by atoms with E-state index in [1.807, 2.05) is 37.3 Å². The van der Waals surface area contributed by atoms with Crippen molar-refractivity contribution in [3.05, 3.63) is 59.7 Å². The van der Waals surface area contributed by atoms with Gasteiger partial charge in [-0.2, -0.15) is 0 Å². The van der Waals surface area contributed by atoms with Crippen molar-refractivity contribution in [1.29, 1.82) is 0 Å². The van der Waals surface area contributed by atoms with E-state index in [1.54, 1.807) is 12.1 Å². The minimum absolute atomic E-state index is 0. The van der Waals surface area contributed by atoms with Crippen LogP contribution in [0.1, 0.15) is 44.4 Å². The maximum Gasteiger partial charge on any atom is 0.191 e. The third-order valence-corrected chi connectivity index (χ3v) is 6.18. The molecule has 0 bridgehead atoms. The summed E-state index contributed by atoms with van der Waals surface area (Å²) in [5.74, 6) is 1.68. The summed E-state index contributed by atoms with van der Waals surface area (Å²) in [6.07, 6.45) is 2.79. The summed E-state index contributed by atoms with van der Waals surface area (Å²) in [5.41, 5.74) is 1.93. The molecule has 1 unspecified atom stereocenters. The molecule has 170 valence electrons. The van der Waals surface area contributed by atoms with Crippen molar-refractivity contribution in [2.24, 2.45) is 4.99 Å². The lowest BCUT2D eigenvalue weighted by molar-refractivity contribution is 0.0694. The Bertz CT molecular complexity index is 1000. The van der Waals surface area contributed by atoms with E-state index in [2.05, 4.69) is 30.5 Å². The van der Waals surface area contributed by atoms with Crippen LogP contribution < -0.4 is 15.4 Å². The Labute approximate surface area is 202 Å². The molecule has 6 nitrogen and oxygen atoms in total. The van der Waals surface area contributed by atoms with E-state index in [1.165, 1.54) is 6.26 Å². The number of nitrogens with zero attached hydrogens (tertiary/aromatic N) is 1. The number of para-hydroxylation sites is 1. The first-order valence-electron chi connectivity index (χ1n) is 10.3. The van der Waals surface area contributed by atoms with Crippen molar-refractivity contribution in [1.82, 2.24) is 10.6 Å². The number of hydrogen-bond donors (Lipinski definition) is 2. The second-order valence-electron chi connectivity index (χ2n) is 8.23. The van der Waals surface area contributed by atoms with Crippen molar-refractivity contribution in [2.45, 2.75) is 50.2 Å². The molecule has 0 aliphatic carbocycles. The number of guanidine groups is 1. The number of ether oxygens (including phenoxy) is 1. The molecule has 2 aromatic carbocycles. The average Bonchev–Trinajstić information content (AvgIpc) is 2.67. The van der Waals surface area contributed by atoms with E-state index in [9.17, 15) is 8.42 Å². The second-order valence-corrected chi connectivity index (χ2v) is 10.2. The highest BCUT2D eigenvalue weighted by molar-refractivity contribution is 14.0. The third-order valence-electron chi connectivity index (χ3n) is 5.05. The predicted molar refractivity (Wildman–Crippen MR) is 136 cm³/mol. The third kappa shape index (κ3) is 7.10. The van der Waals surface area contributed by atoms with Gasteiger partial charge in [-0.25, -0.2) is 8.42 Å². The largest absolute Gasteiger partial charge is 0.487 e. The van der Waals surface area contributed by atoms with Gasteiger partial charge >= 0.3 is 0 Å². The molecule has 8 heteroatoms. The zero-order chi connectivity index (χ0) is 21.8. The number of fused-ring (bicyclic) bond motifs is 1. The first-order chi connectivity index (χ1) is 14.2. The molecule has 0 saturated carbocycles. The first kappa shape index (κ1) is 25.5. The highest BCUT2D eigenvalue weighted by Gasteiger charge is 2.33. The van der Waals surface area contributed by atoms with Crippen molar-refractivity contribution in [3.63, 3.8) is 0 Å². The smallest absolute Gasteiger partial charge is 0.191 e. The predicted octanol–water partition coefficient (Wildman–Crippen LogP) is 4.11. The Morgan fingerprint density at radius 2 is 1.84 bits per heavy atom. The minimum Gasteiger partial charge on any atom is -0.487 e. The lowest BCUT2D eigenvalue weighted by Gasteiger charge is -2.38. The number of benzene rings is 2. The number of halogens is 1. The molecule has 31 heavy (non-hydrogen) atoms. The first-order valence-corrected chi connectivity index (χ1v) is 12.2. The van der Waals surface area contributed by atoms with Gasteiger partial charge in [0.1, 0.15) is 11.4 Å². The summed E-state index contributed by atoms with van der Waals surface area (Å²) in [6, 6.07) is 15.2. The zero-order valence-electron chi connectivity index (χ0n) is 18.5. The van der Waals surface area contributed by atoms with E-state index in [-0.39, 0.29) is 35.6 Å². The van der Waals surface area contributed by atoms with Gasteiger partial charge in [-0.15, -0.1) is 24.0 Å². The number of hydrogen-bond acceptors (Lipinski definition) is 4. The van der Waals surface area contributed by atoms with Crippen molar-refractivity contribution >= 4 is 39.8 Å². The molecule has 1 aliphatic rings. The van der Waals surface area contributed by atoms with Crippen LogP contribution in [0.5, 0.6) is 5.75 Å². The monoisotopic (exact) mass is 557 g/mol. The number of aliphatic imine (C=N–C) groups is 1. The van der Waals surface area contributed by atoms with Crippen LogP contribution in [0.15, 0.2) is 58.4 Å². The summed E-state index contributed by atoms with van der Waals surface area (Å²) in [7, 11) is -3.17. The molecule has 2 N–H and O–H groups in total. The van der Waals surface area contributed by atoms with Gasteiger partial charge in [0.2, 0.25) is 0 Å². The molecule has 2 aromatic rings. The van der Waals surface area contributed by atoms with Gasteiger partial charge in [0, 0.05) is 31.3 Å². The quantitative estimate of drug-likeness (QED) is 0.318. The molecule has 0 radical (unpaired) electrons. The van der Waals surface area contributed by atoms with Crippen molar-refractivity contribution < 1.29 is 13.2 Å². The Hall–Kier alpha value is -1.81. The maximum absolute atomic E-state index is 11.6. The molecule has 0 fully saturated rings. The fraction of sp³-hybridized carbons (Fsp3) is 0.435. The second kappa shape index (κ2) is 10.7. The van der Waals surface area contributed by atoms with E-state index in [4.69, 9.17) is 9.73 Å². The summed E-state index contributed by atoms with van der Waals surface area (Å²) in [6.45, 7) is 7.61. The van der Waals surface area contributed by atoms with Crippen LogP contribution in [0.3, 0.4) is 0 Å². The zero-order valence-corrected chi connectivity index (χ0v) is 21.7. The molecule has 1 aliphatic heterocycles. The highest BCUT2D eigenvalue weighted by Crippen LogP contribution is 2.39. The Morgan fingerprint density at radius 1 is 1.16 bits per heavy atom. The highest BCUT2D eigenvalue weighted by atomic mass is 127. The van der Waals surface area contributed by atoms with Gasteiger partial charge < -0.3 is 15.4 Å². The Balaban J connectivity index is 0.00000341. The van der Waals surface area contributed by atoms with Crippen LogP contribution in [0.25, 0.3) is 0 Å². The Morgan fingerprint density at radius 3 is 2.48 bits per heavy atom.